The molecule has 0 aromatic carbocycles. The Morgan fingerprint density at radius 3 is 2.94 bits per heavy atom. The molecule has 1 saturated heterocycles. The number of hydrogen-bond acceptors (Lipinski definition) is 3. The Morgan fingerprint density at radius 2 is 2.22 bits per heavy atom. The molecule has 0 aromatic rings. The first-order valence-corrected chi connectivity index (χ1v) is 7.00. The van der Waals surface area contributed by atoms with Crippen molar-refractivity contribution in [2.45, 2.75) is 51.2 Å². The third-order valence-electron chi connectivity index (χ3n) is 5.52. The van der Waals surface area contributed by atoms with Crippen molar-refractivity contribution >= 4 is 5.97 Å². The van der Waals surface area contributed by atoms with E-state index < -0.39 is 5.60 Å². The highest BCUT2D eigenvalue weighted by Crippen LogP contribution is 2.53. The number of carbonyl (C=O) groups excluding carboxylic acids is 1. The molecule has 0 spiro atoms. The summed E-state index contributed by atoms with van der Waals surface area (Å²) in [6.07, 6.45) is 3.56. The van der Waals surface area contributed by atoms with Crippen LogP contribution in [0, 0.1) is 23.7 Å². The van der Waals surface area contributed by atoms with Crippen molar-refractivity contribution < 1.29 is 14.6 Å². The van der Waals surface area contributed by atoms with Gasteiger partial charge < -0.3 is 9.84 Å². The summed E-state index contributed by atoms with van der Waals surface area (Å²) in [5.41, 5.74) is 0.570. The number of ether oxygens (including phenoxy) is 1. The zero-order valence-electron chi connectivity index (χ0n) is 11.2. The summed E-state index contributed by atoms with van der Waals surface area (Å²) < 4.78 is 5.48. The molecule has 3 fully saturated rings. The maximum atomic E-state index is 11.7. The van der Waals surface area contributed by atoms with Crippen LogP contribution in [-0.2, 0) is 9.53 Å². The van der Waals surface area contributed by atoms with Gasteiger partial charge in [-0.05, 0) is 38.0 Å². The van der Waals surface area contributed by atoms with Gasteiger partial charge in [-0.1, -0.05) is 19.1 Å². The summed E-state index contributed by atoms with van der Waals surface area (Å²) in [7, 11) is 0. The van der Waals surface area contributed by atoms with Crippen LogP contribution < -0.4 is 0 Å². The Bertz CT molecular complexity index is 399. The molecule has 1 aliphatic heterocycles. The van der Waals surface area contributed by atoms with Crippen LogP contribution in [-0.4, -0.2) is 22.8 Å². The molecule has 0 radical (unpaired) electrons. The molecular weight excluding hydrogens is 228 g/mol. The van der Waals surface area contributed by atoms with E-state index in [4.69, 9.17) is 4.74 Å². The summed E-state index contributed by atoms with van der Waals surface area (Å²) in [6.45, 7) is 8.09. The van der Waals surface area contributed by atoms with Crippen LogP contribution in [0.15, 0.2) is 12.2 Å². The van der Waals surface area contributed by atoms with Gasteiger partial charge in [-0.3, -0.25) is 4.79 Å². The normalized spacial score (nSPS) is 51.6. The molecule has 3 rings (SSSR count). The first-order valence-electron chi connectivity index (χ1n) is 7.00. The summed E-state index contributed by atoms with van der Waals surface area (Å²) in [6, 6.07) is 0. The van der Waals surface area contributed by atoms with Crippen molar-refractivity contribution in [2.24, 2.45) is 23.7 Å². The lowest BCUT2D eigenvalue weighted by atomic mass is 9.77. The van der Waals surface area contributed by atoms with Crippen LogP contribution in [0.1, 0.15) is 39.5 Å². The van der Waals surface area contributed by atoms with Crippen molar-refractivity contribution in [3.8, 4) is 0 Å². The molecule has 100 valence electrons. The molecule has 1 N–H and O–H groups in total. The van der Waals surface area contributed by atoms with Crippen molar-refractivity contribution in [2.75, 3.05) is 0 Å². The second kappa shape index (κ2) is 3.83. The smallest absolute Gasteiger partial charge is 0.309 e. The number of esters is 1. The molecule has 3 heteroatoms. The number of rotatable bonds is 0. The van der Waals surface area contributed by atoms with Crippen LogP contribution in [0.4, 0.5) is 0 Å². The number of aliphatic hydroxyl groups is 1. The molecular formula is C15H22O3. The molecule has 0 aromatic heterocycles. The highest BCUT2D eigenvalue weighted by Gasteiger charge is 2.53. The van der Waals surface area contributed by atoms with Crippen LogP contribution in [0.5, 0.6) is 0 Å². The summed E-state index contributed by atoms with van der Waals surface area (Å²) >= 11 is 0. The standard InChI is InChI=1S/C15H22O3/c1-8-6-13-11(9(2)14(16)18-13)7-12-10(8)4-5-15(12,3)17/h9-13,17H,1,4-7H2,2-3H3/t9-,10+,11+,12+,13+,15+/m0/s1. The SMILES string of the molecule is C=C1C[C@H]2OC(=O)[C@@H](C)[C@H]2C[C@@H]2[C@@H]1CC[C@@]2(C)O. The summed E-state index contributed by atoms with van der Waals surface area (Å²) in [5.74, 6) is 0.814. The van der Waals surface area contributed by atoms with Crippen molar-refractivity contribution in [1.82, 2.24) is 0 Å². The lowest BCUT2D eigenvalue weighted by Crippen LogP contribution is -2.34. The number of carbonyl (C=O) groups is 1. The van der Waals surface area contributed by atoms with E-state index in [-0.39, 0.29) is 29.8 Å². The third-order valence-corrected chi connectivity index (χ3v) is 5.52. The Hall–Kier alpha value is -0.830. The first kappa shape index (κ1) is 12.2. The molecule has 0 amide bonds. The summed E-state index contributed by atoms with van der Waals surface area (Å²) in [5, 5.41) is 10.5. The molecule has 1 heterocycles. The number of hydrogen-bond donors (Lipinski definition) is 1. The Kier molecular flexibility index (Phi) is 2.60. The van der Waals surface area contributed by atoms with Gasteiger partial charge in [-0.2, -0.15) is 0 Å². The average molecular weight is 250 g/mol. The largest absolute Gasteiger partial charge is 0.461 e. The fourth-order valence-electron chi connectivity index (χ4n) is 4.27. The van der Waals surface area contributed by atoms with Gasteiger partial charge in [0.1, 0.15) is 6.10 Å². The van der Waals surface area contributed by atoms with Crippen molar-refractivity contribution in [1.29, 1.82) is 0 Å². The van der Waals surface area contributed by atoms with Crippen LogP contribution >= 0.6 is 0 Å². The average Bonchev–Trinajstić information content (AvgIpc) is 2.65. The van der Waals surface area contributed by atoms with E-state index in [1.54, 1.807) is 0 Å². The maximum absolute atomic E-state index is 11.7. The van der Waals surface area contributed by atoms with Gasteiger partial charge in [0.05, 0.1) is 11.5 Å². The molecule has 3 nitrogen and oxygen atoms in total. The van der Waals surface area contributed by atoms with Gasteiger partial charge in [0.25, 0.3) is 0 Å². The minimum absolute atomic E-state index is 0.00130. The van der Waals surface area contributed by atoms with E-state index in [9.17, 15) is 9.90 Å². The third kappa shape index (κ3) is 1.63. The second-order valence-electron chi connectivity index (χ2n) is 6.63. The van der Waals surface area contributed by atoms with E-state index in [2.05, 4.69) is 6.58 Å². The molecule has 2 saturated carbocycles. The van der Waals surface area contributed by atoms with E-state index in [1.807, 2.05) is 13.8 Å². The second-order valence-corrected chi connectivity index (χ2v) is 6.63. The quantitative estimate of drug-likeness (QED) is 0.530. The summed E-state index contributed by atoms with van der Waals surface area (Å²) in [4.78, 5) is 11.7. The Balaban J connectivity index is 1.92. The van der Waals surface area contributed by atoms with Crippen LogP contribution in [0.3, 0.4) is 0 Å². The predicted octanol–water partition coefficient (Wildman–Crippen LogP) is 2.29. The van der Waals surface area contributed by atoms with Gasteiger partial charge in [0.15, 0.2) is 0 Å². The monoisotopic (exact) mass is 250 g/mol. The zero-order chi connectivity index (χ0) is 13.1. The lowest BCUT2D eigenvalue weighted by Gasteiger charge is -2.30. The lowest BCUT2D eigenvalue weighted by molar-refractivity contribution is -0.143. The molecule has 0 bridgehead atoms. The fourth-order valence-corrected chi connectivity index (χ4v) is 4.27. The van der Waals surface area contributed by atoms with Crippen LogP contribution in [0.2, 0.25) is 0 Å². The molecule has 0 unspecified atom stereocenters. The van der Waals surface area contributed by atoms with Gasteiger partial charge in [-0.25, -0.2) is 0 Å². The van der Waals surface area contributed by atoms with Gasteiger partial charge in [-0.15, -0.1) is 0 Å². The van der Waals surface area contributed by atoms with Crippen molar-refractivity contribution in [3.05, 3.63) is 12.2 Å². The fraction of sp³-hybridized carbons (Fsp3) is 0.800. The Labute approximate surface area is 108 Å². The molecule has 2 aliphatic carbocycles. The first-order chi connectivity index (χ1) is 8.40. The molecule has 3 aliphatic rings. The van der Waals surface area contributed by atoms with E-state index in [1.165, 1.54) is 5.57 Å². The van der Waals surface area contributed by atoms with Gasteiger partial charge in [0.2, 0.25) is 0 Å². The predicted molar refractivity (Wildman–Crippen MR) is 67.7 cm³/mol. The van der Waals surface area contributed by atoms with E-state index in [0.29, 0.717) is 5.92 Å². The molecule has 6 atom stereocenters. The minimum Gasteiger partial charge on any atom is -0.461 e. The zero-order valence-corrected chi connectivity index (χ0v) is 11.2. The molecule has 18 heavy (non-hydrogen) atoms. The Morgan fingerprint density at radius 1 is 1.50 bits per heavy atom. The number of fused-ring (bicyclic) bond motifs is 2. The van der Waals surface area contributed by atoms with Gasteiger partial charge in [0, 0.05) is 12.3 Å². The van der Waals surface area contributed by atoms with Gasteiger partial charge >= 0.3 is 5.97 Å². The highest BCUT2D eigenvalue weighted by molar-refractivity contribution is 5.75. The highest BCUT2D eigenvalue weighted by atomic mass is 16.6. The minimum atomic E-state index is -0.603. The van der Waals surface area contributed by atoms with Crippen molar-refractivity contribution in [3.63, 3.8) is 0 Å². The maximum Gasteiger partial charge on any atom is 0.309 e. The van der Waals surface area contributed by atoms with E-state index >= 15 is 0 Å². The van der Waals surface area contributed by atoms with Crippen LogP contribution in [0.25, 0.3) is 0 Å². The topological polar surface area (TPSA) is 46.5 Å². The van der Waals surface area contributed by atoms with E-state index in [0.717, 1.165) is 25.7 Å².